The van der Waals surface area contributed by atoms with E-state index in [0.29, 0.717) is 17.8 Å². The molecule has 4 fully saturated rings. The van der Waals surface area contributed by atoms with Crippen LogP contribution in [0.25, 0.3) is 0 Å². The van der Waals surface area contributed by atoms with Crippen molar-refractivity contribution in [2.45, 2.75) is 92.1 Å². The number of carbonyl (C=O) groups is 1. The van der Waals surface area contributed by atoms with Crippen LogP contribution in [0.4, 0.5) is 0 Å². The van der Waals surface area contributed by atoms with Crippen molar-refractivity contribution in [1.29, 1.82) is 0 Å². The number of hydrogen-bond donors (Lipinski definition) is 2. The van der Waals surface area contributed by atoms with Crippen LogP contribution in [0.15, 0.2) is 0 Å². The molecular weight excluding hydrogens is 324 g/mol. The fourth-order valence-electron chi connectivity index (χ4n) is 9.03. The quantitative estimate of drug-likeness (QED) is 0.681. The predicted octanol–water partition coefficient (Wildman–Crippen LogP) is 5.12. The molecule has 3 heteroatoms. The molecule has 0 aliphatic heterocycles. The van der Waals surface area contributed by atoms with Crippen LogP contribution in [-0.2, 0) is 4.79 Å². The minimum absolute atomic E-state index is 0.00857. The highest BCUT2D eigenvalue weighted by Gasteiger charge is 2.68. The predicted molar refractivity (Wildman–Crippen MR) is 103 cm³/mol. The largest absolute Gasteiger partial charge is 0.481 e. The Balaban J connectivity index is 1.73. The van der Waals surface area contributed by atoms with Gasteiger partial charge in [0.2, 0.25) is 0 Å². The van der Waals surface area contributed by atoms with Crippen LogP contribution in [0.1, 0.15) is 86.0 Å². The average Bonchev–Trinajstić information content (AvgIpc) is 2.90. The molecule has 0 amide bonds. The Morgan fingerprint density at radius 2 is 1.46 bits per heavy atom. The second-order valence-electron chi connectivity index (χ2n) is 11.5. The van der Waals surface area contributed by atoms with Crippen molar-refractivity contribution in [2.75, 3.05) is 0 Å². The van der Waals surface area contributed by atoms with Crippen molar-refractivity contribution >= 4 is 5.97 Å². The van der Waals surface area contributed by atoms with Gasteiger partial charge < -0.3 is 10.2 Å². The molecule has 4 rings (SSSR count). The van der Waals surface area contributed by atoms with Crippen molar-refractivity contribution < 1.29 is 15.0 Å². The van der Waals surface area contributed by atoms with Gasteiger partial charge in [-0.05, 0) is 90.8 Å². The first-order valence-corrected chi connectivity index (χ1v) is 10.9. The van der Waals surface area contributed by atoms with Gasteiger partial charge in [0, 0.05) is 0 Å². The highest BCUT2D eigenvalue weighted by Crippen LogP contribution is 2.75. The lowest BCUT2D eigenvalue weighted by Gasteiger charge is -2.69. The number of hydrogen-bond acceptors (Lipinski definition) is 2. The van der Waals surface area contributed by atoms with Gasteiger partial charge in [-0.1, -0.05) is 34.6 Å². The maximum absolute atomic E-state index is 11.8. The molecule has 4 aliphatic rings. The van der Waals surface area contributed by atoms with Gasteiger partial charge in [0.15, 0.2) is 0 Å². The molecule has 148 valence electrons. The summed E-state index contributed by atoms with van der Waals surface area (Å²) in [4.78, 5) is 11.8. The van der Waals surface area contributed by atoms with E-state index in [1.165, 1.54) is 19.3 Å². The molecule has 0 spiro atoms. The highest BCUT2D eigenvalue weighted by atomic mass is 16.4. The third kappa shape index (κ3) is 2.07. The number of aliphatic carboxylic acids is 1. The summed E-state index contributed by atoms with van der Waals surface area (Å²) < 4.78 is 0. The summed E-state index contributed by atoms with van der Waals surface area (Å²) >= 11 is 0. The van der Waals surface area contributed by atoms with Crippen molar-refractivity contribution in [2.24, 2.45) is 45.3 Å². The molecule has 0 radical (unpaired) electrons. The van der Waals surface area contributed by atoms with Crippen LogP contribution in [0.2, 0.25) is 0 Å². The van der Waals surface area contributed by atoms with E-state index < -0.39 is 5.97 Å². The Morgan fingerprint density at radius 3 is 2.12 bits per heavy atom. The zero-order valence-electron chi connectivity index (χ0n) is 17.3. The highest BCUT2D eigenvalue weighted by molar-refractivity contribution is 5.71. The first-order chi connectivity index (χ1) is 12.0. The Morgan fingerprint density at radius 1 is 0.808 bits per heavy atom. The molecule has 26 heavy (non-hydrogen) atoms. The first-order valence-electron chi connectivity index (χ1n) is 10.9. The average molecular weight is 363 g/mol. The maximum atomic E-state index is 11.8. The van der Waals surface area contributed by atoms with Crippen molar-refractivity contribution in [1.82, 2.24) is 0 Å². The summed E-state index contributed by atoms with van der Waals surface area (Å²) in [6.45, 7) is 12.0. The van der Waals surface area contributed by atoms with E-state index in [1.54, 1.807) is 0 Å². The Hall–Kier alpha value is -0.570. The second kappa shape index (κ2) is 5.49. The molecule has 0 aromatic heterocycles. The van der Waals surface area contributed by atoms with Gasteiger partial charge in [0.05, 0.1) is 12.0 Å². The molecular formula is C23H38O3. The molecule has 0 aromatic rings. The van der Waals surface area contributed by atoms with E-state index in [0.717, 1.165) is 32.1 Å². The summed E-state index contributed by atoms with van der Waals surface area (Å²) in [5.74, 6) is 0.891. The van der Waals surface area contributed by atoms with Crippen molar-refractivity contribution in [3.8, 4) is 0 Å². The zero-order valence-corrected chi connectivity index (χ0v) is 17.3. The van der Waals surface area contributed by atoms with Gasteiger partial charge in [0.25, 0.3) is 0 Å². The fourth-order valence-corrected chi connectivity index (χ4v) is 9.03. The normalized spacial score (nSPS) is 55.5. The van der Waals surface area contributed by atoms with Gasteiger partial charge >= 0.3 is 5.97 Å². The van der Waals surface area contributed by atoms with Gasteiger partial charge in [-0.2, -0.15) is 0 Å². The zero-order chi connectivity index (χ0) is 19.1. The number of carboxylic acids is 1. The van der Waals surface area contributed by atoms with E-state index in [4.69, 9.17) is 0 Å². The summed E-state index contributed by atoms with van der Waals surface area (Å²) in [6.07, 6.45) is 8.47. The second-order valence-corrected chi connectivity index (χ2v) is 11.5. The molecule has 0 heterocycles. The summed E-state index contributed by atoms with van der Waals surface area (Å²) in [5, 5.41) is 20.4. The molecule has 8 atom stereocenters. The molecule has 0 bridgehead atoms. The van der Waals surface area contributed by atoms with Crippen LogP contribution in [0.5, 0.6) is 0 Å². The molecule has 4 aliphatic carbocycles. The Labute approximate surface area is 158 Å². The van der Waals surface area contributed by atoms with E-state index in [2.05, 4.69) is 34.6 Å². The molecule has 4 saturated carbocycles. The van der Waals surface area contributed by atoms with Crippen LogP contribution < -0.4 is 0 Å². The minimum Gasteiger partial charge on any atom is -0.481 e. The van der Waals surface area contributed by atoms with Gasteiger partial charge in [-0.3, -0.25) is 4.79 Å². The van der Waals surface area contributed by atoms with Crippen LogP contribution in [0.3, 0.4) is 0 Å². The van der Waals surface area contributed by atoms with E-state index >= 15 is 0 Å². The standard InChI is InChI=1S/C23H38O3/c1-20(2)16-9-13-23(5)17(21(16,3)11-10-18(20)24)7-6-15-14(19(25)26)8-12-22(15,23)4/h14-18,24H,6-13H2,1-5H3,(H,25,26)/t14-,15?,16?,17?,18-,21-,22+,23+/m0/s1. The third-order valence-corrected chi connectivity index (χ3v) is 10.7. The SMILES string of the molecule is CC1(C)C2CC[C@]3(C)C(CCC4[C@@H](C(=O)O)CC[C@]43C)[C@@]2(C)CC[C@@H]1O. The van der Waals surface area contributed by atoms with E-state index in [1.807, 2.05) is 0 Å². The van der Waals surface area contributed by atoms with Crippen molar-refractivity contribution in [3.05, 3.63) is 0 Å². The molecule has 0 aromatic carbocycles. The Kier molecular flexibility index (Phi) is 3.96. The van der Waals surface area contributed by atoms with E-state index in [9.17, 15) is 15.0 Å². The molecule has 3 unspecified atom stereocenters. The fraction of sp³-hybridized carbons (Fsp3) is 0.957. The van der Waals surface area contributed by atoms with Gasteiger partial charge in [0.1, 0.15) is 0 Å². The lowest BCUT2D eigenvalue weighted by atomic mass is 9.35. The van der Waals surface area contributed by atoms with Crippen LogP contribution >= 0.6 is 0 Å². The number of fused-ring (bicyclic) bond motifs is 5. The van der Waals surface area contributed by atoms with Gasteiger partial charge in [-0.25, -0.2) is 0 Å². The topological polar surface area (TPSA) is 57.5 Å². The molecule has 3 nitrogen and oxygen atoms in total. The molecule has 2 N–H and O–H groups in total. The Bertz CT molecular complexity index is 613. The lowest BCUT2D eigenvalue weighted by molar-refractivity contribution is -0.221. The summed E-state index contributed by atoms with van der Waals surface area (Å²) in [5.41, 5.74) is 0.674. The molecule has 0 saturated heterocycles. The van der Waals surface area contributed by atoms with Gasteiger partial charge in [-0.15, -0.1) is 0 Å². The summed E-state index contributed by atoms with van der Waals surface area (Å²) in [6, 6.07) is 0. The smallest absolute Gasteiger partial charge is 0.306 e. The monoisotopic (exact) mass is 362 g/mol. The lowest BCUT2D eigenvalue weighted by Crippen LogP contribution is -2.63. The number of rotatable bonds is 1. The minimum atomic E-state index is -0.567. The maximum Gasteiger partial charge on any atom is 0.306 e. The summed E-state index contributed by atoms with van der Waals surface area (Å²) in [7, 11) is 0. The van der Waals surface area contributed by atoms with Crippen LogP contribution in [0, 0.1) is 45.3 Å². The van der Waals surface area contributed by atoms with Crippen LogP contribution in [-0.4, -0.2) is 22.3 Å². The number of aliphatic hydroxyl groups excluding tert-OH is 1. The third-order valence-electron chi connectivity index (χ3n) is 10.7. The number of carboxylic acid groups (broad SMARTS) is 1. The first kappa shape index (κ1) is 18.8. The van der Waals surface area contributed by atoms with E-state index in [-0.39, 0.29) is 33.7 Å². The van der Waals surface area contributed by atoms with Crippen molar-refractivity contribution in [3.63, 3.8) is 0 Å². The number of aliphatic hydroxyl groups is 1.